The Morgan fingerprint density at radius 2 is 1.83 bits per heavy atom. The molecule has 0 aromatic carbocycles. The number of hydrogen-bond acceptors (Lipinski definition) is 2. The Hall–Kier alpha value is -0.570. The number of rotatable bonds is 2. The highest BCUT2D eigenvalue weighted by molar-refractivity contribution is 5.71. The molecule has 0 heterocycles. The van der Waals surface area contributed by atoms with Crippen molar-refractivity contribution in [3.8, 4) is 0 Å². The summed E-state index contributed by atoms with van der Waals surface area (Å²) < 4.78 is 0. The average Bonchev–Trinajstić information content (AvgIpc) is 2.78. The van der Waals surface area contributed by atoms with Crippen LogP contribution in [0.15, 0.2) is 0 Å². The summed E-state index contributed by atoms with van der Waals surface area (Å²) >= 11 is 0. The van der Waals surface area contributed by atoms with Crippen LogP contribution in [0, 0.1) is 39.9 Å². The van der Waals surface area contributed by atoms with Gasteiger partial charge in [0.15, 0.2) is 0 Å². The van der Waals surface area contributed by atoms with Crippen molar-refractivity contribution in [2.45, 2.75) is 71.6 Å². The third kappa shape index (κ3) is 2.01. The van der Waals surface area contributed by atoms with E-state index in [0.717, 1.165) is 25.7 Å². The van der Waals surface area contributed by atoms with Crippen LogP contribution in [0.5, 0.6) is 0 Å². The highest BCUT2D eigenvalue weighted by atomic mass is 16.4. The molecule has 0 aliphatic heterocycles. The van der Waals surface area contributed by atoms with Crippen LogP contribution in [0.1, 0.15) is 71.6 Å². The maximum Gasteiger partial charge on any atom is 0.306 e. The summed E-state index contributed by atoms with van der Waals surface area (Å²) in [4.78, 5) is 11.7. The van der Waals surface area contributed by atoms with Gasteiger partial charge in [-0.2, -0.15) is 0 Å². The zero-order chi connectivity index (χ0) is 16.5. The zero-order valence-corrected chi connectivity index (χ0v) is 14.7. The molecule has 4 saturated carbocycles. The minimum atomic E-state index is -0.552. The summed E-state index contributed by atoms with van der Waals surface area (Å²) in [6.45, 7) is 5.10. The van der Waals surface area contributed by atoms with Gasteiger partial charge in [0.05, 0.1) is 5.92 Å². The van der Waals surface area contributed by atoms with Gasteiger partial charge < -0.3 is 10.2 Å². The molecule has 0 aromatic heterocycles. The van der Waals surface area contributed by atoms with E-state index in [0.29, 0.717) is 35.2 Å². The maximum absolute atomic E-state index is 11.7. The molecule has 0 radical (unpaired) electrons. The Balaban J connectivity index is 1.69. The van der Waals surface area contributed by atoms with Gasteiger partial charge in [-0.15, -0.1) is 0 Å². The number of fused-ring (bicyclic) bond motifs is 3. The van der Waals surface area contributed by atoms with Crippen LogP contribution in [0.3, 0.4) is 0 Å². The number of carbonyl (C=O) groups is 1. The molecule has 4 fully saturated rings. The van der Waals surface area contributed by atoms with E-state index in [9.17, 15) is 15.0 Å². The Labute approximate surface area is 139 Å². The first-order valence-corrected chi connectivity index (χ1v) is 9.68. The Morgan fingerprint density at radius 1 is 1.04 bits per heavy atom. The molecule has 2 N–H and O–H groups in total. The molecule has 2 bridgehead atoms. The van der Waals surface area contributed by atoms with Crippen molar-refractivity contribution in [3.63, 3.8) is 0 Å². The van der Waals surface area contributed by atoms with Crippen molar-refractivity contribution >= 4 is 5.97 Å². The fourth-order valence-corrected chi connectivity index (χ4v) is 8.06. The highest BCUT2D eigenvalue weighted by Gasteiger charge is 2.65. The van der Waals surface area contributed by atoms with E-state index in [1.807, 2.05) is 0 Å². The van der Waals surface area contributed by atoms with Crippen LogP contribution in [0.2, 0.25) is 0 Å². The largest absolute Gasteiger partial charge is 0.481 e. The van der Waals surface area contributed by atoms with Crippen molar-refractivity contribution in [1.82, 2.24) is 0 Å². The second kappa shape index (κ2) is 4.97. The van der Waals surface area contributed by atoms with Crippen LogP contribution in [0.4, 0.5) is 0 Å². The number of aliphatic hydroxyl groups excluding tert-OH is 1. The van der Waals surface area contributed by atoms with E-state index in [1.165, 1.54) is 32.1 Å². The first-order chi connectivity index (χ1) is 10.8. The van der Waals surface area contributed by atoms with E-state index in [4.69, 9.17) is 0 Å². The summed E-state index contributed by atoms with van der Waals surface area (Å²) in [6, 6.07) is 0. The van der Waals surface area contributed by atoms with Crippen molar-refractivity contribution in [3.05, 3.63) is 0 Å². The van der Waals surface area contributed by atoms with Crippen LogP contribution in [-0.2, 0) is 4.79 Å². The lowest BCUT2D eigenvalue weighted by molar-refractivity contribution is -0.159. The molecule has 130 valence electrons. The number of aliphatic carboxylic acids is 1. The van der Waals surface area contributed by atoms with E-state index < -0.39 is 5.97 Å². The molecule has 4 aliphatic rings. The lowest BCUT2D eigenvalue weighted by Gasteiger charge is -2.64. The number of carboxylic acid groups (broad SMARTS) is 1. The molecule has 0 unspecified atom stereocenters. The van der Waals surface area contributed by atoms with Gasteiger partial charge >= 0.3 is 5.97 Å². The number of hydrogen-bond donors (Lipinski definition) is 2. The SMILES string of the molecule is C[C@@]1(CO)CCC[C@]2(C)[C@H]1CC[C@@]13C[C@@H](CC[C@@H]12)[C@@H](C(=O)O)C3. The van der Waals surface area contributed by atoms with Gasteiger partial charge in [0.1, 0.15) is 0 Å². The minimum Gasteiger partial charge on any atom is -0.481 e. The number of carboxylic acids is 1. The minimum absolute atomic E-state index is 0.0796. The van der Waals surface area contributed by atoms with Gasteiger partial charge in [0, 0.05) is 6.61 Å². The zero-order valence-electron chi connectivity index (χ0n) is 14.7. The molecule has 3 nitrogen and oxygen atoms in total. The third-order valence-electron chi connectivity index (χ3n) is 8.94. The second-order valence-electron chi connectivity index (χ2n) is 9.87. The third-order valence-corrected chi connectivity index (χ3v) is 8.94. The Morgan fingerprint density at radius 3 is 2.52 bits per heavy atom. The van der Waals surface area contributed by atoms with E-state index in [1.54, 1.807) is 0 Å². The molecule has 3 heteroatoms. The summed E-state index contributed by atoms with van der Waals surface area (Å²) in [7, 11) is 0. The average molecular weight is 320 g/mol. The van der Waals surface area contributed by atoms with Gasteiger partial charge in [-0.25, -0.2) is 0 Å². The summed E-state index contributed by atoms with van der Waals surface area (Å²) in [6.07, 6.45) is 10.5. The summed E-state index contributed by atoms with van der Waals surface area (Å²) in [5, 5.41) is 19.7. The standard InChI is InChI=1S/C20H32O3/c1-18(12-21)7-3-8-19(2)15(18)6-9-20-10-13(4-5-16(19)20)14(11-20)17(22)23/h13-16,21H,3-12H2,1-2H3,(H,22,23)/t13-,14+,15+,16-,18+,19-,20+/m1/s1. The number of aliphatic hydroxyl groups is 1. The molecule has 0 amide bonds. The lowest BCUT2D eigenvalue weighted by atomic mass is 9.41. The van der Waals surface area contributed by atoms with Crippen LogP contribution in [-0.4, -0.2) is 22.8 Å². The van der Waals surface area contributed by atoms with Gasteiger partial charge in [-0.05, 0) is 85.4 Å². The van der Waals surface area contributed by atoms with Gasteiger partial charge in [-0.3, -0.25) is 4.79 Å². The van der Waals surface area contributed by atoms with Crippen LogP contribution in [0.25, 0.3) is 0 Å². The summed E-state index contributed by atoms with van der Waals surface area (Å²) in [5.41, 5.74) is 0.688. The molecule has 0 aromatic rings. The fraction of sp³-hybridized carbons (Fsp3) is 0.950. The Kier molecular flexibility index (Phi) is 3.44. The second-order valence-corrected chi connectivity index (χ2v) is 9.87. The quantitative estimate of drug-likeness (QED) is 0.805. The molecule has 4 aliphatic carbocycles. The van der Waals surface area contributed by atoms with E-state index in [2.05, 4.69) is 13.8 Å². The first kappa shape index (κ1) is 15.9. The predicted octanol–water partition coefficient (Wildman–Crippen LogP) is 4.09. The van der Waals surface area contributed by atoms with E-state index >= 15 is 0 Å². The van der Waals surface area contributed by atoms with Gasteiger partial charge in [-0.1, -0.05) is 20.3 Å². The molecule has 0 saturated heterocycles. The normalized spacial score (nSPS) is 55.1. The smallest absolute Gasteiger partial charge is 0.306 e. The topological polar surface area (TPSA) is 57.5 Å². The van der Waals surface area contributed by atoms with Gasteiger partial charge in [0.25, 0.3) is 0 Å². The van der Waals surface area contributed by atoms with Crippen LogP contribution >= 0.6 is 0 Å². The lowest BCUT2D eigenvalue weighted by Crippen LogP contribution is -2.57. The molecular formula is C20H32O3. The molecule has 1 spiro atoms. The van der Waals surface area contributed by atoms with E-state index in [-0.39, 0.29) is 11.3 Å². The highest BCUT2D eigenvalue weighted by Crippen LogP contribution is 2.72. The molecule has 7 atom stereocenters. The fourth-order valence-electron chi connectivity index (χ4n) is 8.06. The van der Waals surface area contributed by atoms with Crippen molar-refractivity contribution in [1.29, 1.82) is 0 Å². The van der Waals surface area contributed by atoms with Crippen molar-refractivity contribution < 1.29 is 15.0 Å². The predicted molar refractivity (Wildman–Crippen MR) is 88.9 cm³/mol. The summed E-state index contributed by atoms with van der Waals surface area (Å²) in [5.74, 6) is 1.08. The first-order valence-electron chi connectivity index (χ1n) is 9.68. The maximum atomic E-state index is 11.7. The monoisotopic (exact) mass is 320 g/mol. The molecule has 4 rings (SSSR count). The van der Waals surface area contributed by atoms with Crippen LogP contribution < -0.4 is 0 Å². The Bertz CT molecular complexity index is 517. The van der Waals surface area contributed by atoms with Crippen molar-refractivity contribution in [2.24, 2.45) is 39.9 Å². The van der Waals surface area contributed by atoms with Crippen molar-refractivity contribution in [2.75, 3.05) is 6.61 Å². The van der Waals surface area contributed by atoms with Gasteiger partial charge in [0.2, 0.25) is 0 Å². The molecule has 23 heavy (non-hydrogen) atoms. The molecular weight excluding hydrogens is 288 g/mol.